The van der Waals surface area contributed by atoms with Crippen LogP contribution >= 0.6 is 22.6 Å². The molecule has 5 heteroatoms. The molecule has 0 radical (unpaired) electrons. The van der Waals surface area contributed by atoms with Gasteiger partial charge in [-0.1, -0.05) is 6.07 Å². The molecule has 4 nitrogen and oxygen atoms in total. The quantitative estimate of drug-likeness (QED) is 0.735. The summed E-state index contributed by atoms with van der Waals surface area (Å²) in [6.07, 6.45) is 0. The van der Waals surface area contributed by atoms with E-state index in [1.807, 2.05) is 29.2 Å². The minimum absolute atomic E-state index is 0.163. The van der Waals surface area contributed by atoms with Crippen LogP contribution < -0.4 is 0 Å². The molecular weight excluding hydrogens is 365 g/mol. The van der Waals surface area contributed by atoms with E-state index in [2.05, 4.69) is 46.5 Å². The van der Waals surface area contributed by atoms with Gasteiger partial charge in [0.25, 0.3) is 5.91 Å². The predicted octanol–water partition coefficient (Wildman–Crippen LogP) is 1.61. The Morgan fingerprint density at radius 1 is 1.25 bits per heavy atom. The Labute approximate surface area is 134 Å². The fourth-order valence-corrected chi connectivity index (χ4v) is 2.86. The fraction of sp³-hybridized carbons (Fsp3) is 0.533. The van der Waals surface area contributed by atoms with E-state index in [4.69, 9.17) is 0 Å². The second-order valence-electron chi connectivity index (χ2n) is 5.45. The average molecular weight is 387 g/mol. The minimum Gasteiger partial charge on any atom is -0.336 e. The number of carbonyl (C=O) groups excluding carboxylic acids is 1. The van der Waals surface area contributed by atoms with E-state index in [0.717, 1.165) is 48.4 Å². The number of benzene rings is 1. The maximum atomic E-state index is 12.4. The molecule has 1 aliphatic rings. The third-order valence-electron chi connectivity index (χ3n) is 3.59. The van der Waals surface area contributed by atoms with Gasteiger partial charge in [-0.25, -0.2) is 0 Å². The zero-order valence-corrected chi connectivity index (χ0v) is 14.3. The van der Waals surface area contributed by atoms with E-state index in [-0.39, 0.29) is 5.91 Å². The number of amides is 1. The van der Waals surface area contributed by atoms with Gasteiger partial charge in [0.2, 0.25) is 0 Å². The molecule has 0 spiro atoms. The number of halogens is 1. The number of rotatable bonds is 4. The van der Waals surface area contributed by atoms with Crippen LogP contribution in [0.4, 0.5) is 0 Å². The molecule has 20 heavy (non-hydrogen) atoms. The first-order valence-electron chi connectivity index (χ1n) is 6.98. The molecule has 1 amide bonds. The van der Waals surface area contributed by atoms with E-state index in [1.54, 1.807) is 0 Å². The Hall–Kier alpha value is -0.660. The molecule has 0 aromatic heterocycles. The van der Waals surface area contributed by atoms with Crippen LogP contribution in [0, 0.1) is 3.57 Å². The van der Waals surface area contributed by atoms with Crippen LogP contribution in [0.15, 0.2) is 24.3 Å². The summed E-state index contributed by atoms with van der Waals surface area (Å²) in [5.41, 5.74) is 0.804. The van der Waals surface area contributed by atoms with Gasteiger partial charge in [0.15, 0.2) is 0 Å². The number of piperazine rings is 1. The van der Waals surface area contributed by atoms with Crippen molar-refractivity contribution in [1.29, 1.82) is 0 Å². The van der Waals surface area contributed by atoms with Crippen LogP contribution in [0.25, 0.3) is 0 Å². The average Bonchev–Trinajstić information content (AvgIpc) is 2.45. The second-order valence-corrected chi connectivity index (χ2v) is 6.69. The van der Waals surface area contributed by atoms with Gasteiger partial charge in [0.05, 0.1) is 0 Å². The van der Waals surface area contributed by atoms with Crippen molar-refractivity contribution in [3.63, 3.8) is 0 Å². The molecule has 0 aliphatic carbocycles. The van der Waals surface area contributed by atoms with Crippen LogP contribution in [-0.4, -0.2) is 74.0 Å². The maximum Gasteiger partial charge on any atom is 0.253 e. The first-order valence-corrected chi connectivity index (χ1v) is 8.06. The Morgan fingerprint density at radius 2 is 1.95 bits per heavy atom. The van der Waals surface area contributed by atoms with Gasteiger partial charge in [0.1, 0.15) is 0 Å². The lowest BCUT2D eigenvalue weighted by Crippen LogP contribution is -2.49. The summed E-state index contributed by atoms with van der Waals surface area (Å²) in [5, 5.41) is 0. The largest absolute Gasteiger partial charge is 0.336 e. The van der Waals surface area contributed by atoms with E-state index in [1.165, 1.54) is 0 Å². The molecule has 0 unspecified atom stereocenters. The SMILES string of the molecule is CN(C)CCN1CCN(C(=O)c2cccc(I)c2)CC1. The van der Waals surface area contributed by atoms with Crippen molar-refractivity contribution in [1.82, 2.24) is 14.7 Å². The zero-order valence-electron chi connectivity index (χ0n) is 12.2. The molecule has 0 atom stereocenters. The standard InChI is InChI=1S/C15H22IN3O/c1-17(2)6-7-18-8-10-19(11-9-18)15(20)13-4-3-5-14(16)12-13/h3-5,12H,6-11H2,1-2H3. The van der Waals surface area contributed by atoms with Crippen molar-refractivity contribution in [3.8, 4) is 0 Å². The molecule has 110 valence electrons. The van der Waals surface area contributed by atoms with Gasteiger partial charge in [-0.15, -0.1) is 0 Å². The van der Waals surface area contributed by atoms with Crippen molar-refractivity contribution in [3.05, 3.63) is 33.4 Å². The number of hydrogen-bond donors (Lipinski definition) is 0. The van der Waals surface area contributed by atoms with Crippen molar-refractivity contribution in [2.45, 2.75) is 0 Å². The fourth-order valence-electron chi connectivity index (χ4n) is 2.32. The molecular formula is C15H22IN3O. The lowest BCUT2D eigenvalue weighted by Gasteiger charge is -2.35. The second kappa shape index (κ2) is 7.38. The molecule has 1 saturated heterocycles. The smallest absolute Gasteiger partial charge is 0.253 e. The van der Waals surface area contributed by atoms with E-state index in [0.29, 0.717) is 0 Å². The van der Waals surface area contributed by atoms with Crippen LogP contribution in [0.5, 0.6) is 0 Å². The maximum absolute atomic E-state index is 12.4. The van der Waals surface area contributed by atoms with Gasteiger partial charge in [-0.2, -0.15) is 0 Å². The summed E-state index contributed by atoms with van der Waals surface area (Å²) >= 11 is 2.25. The summed E-state index contributed by atoms with van der Waals surface area (Å²) in [4.78, 5) is 19.0. The highest BCUT2D eigenvalue weighted by atomic mass is 127. The number of hydrogen-bond acceptors (Lipinski definition) is 3. The van der Waals surface area contributed by atoms with Crippen LogP contribution in [0.3, 0.4) is 0 Å². The first-order chi connectivity index (χ1) is 9.56. The Morgan fingerprint density at radius 3 is 2.55 bits per heavy atom. The number of nitrogens with zero attached hydrogens (tertiary/aromatic N) is 3. The summed E-state index contributed by atoms with van der Waals surface area (Å²) in [7, 11) is 4.19. The van der Waals surface area contributed by atoms with Crippen molar-refractivity contribution < 1.29 is 4.79 Å². The third kappa shape index (κ3) is 4.43. The summed E-state index contributed by atoms with van der Waals surface area (Å²) in [6.45, 7) is 5.77. The lowest BCUT2D eigenvalue weighted by atomic mass is 10.2. The molecule has 1 aromatic rings. The molecule has 2 rings (SSSR count). The predicted molar refractivity (Wildman–Crippen MR) is 90.1 cm³/mol. The highest BCUT2D eigenvalue weighted by Gasteiger charge is 2.21. The van der Waals surface area contributed by atoms with Crippen LogP contribution in [-0.2, 0) is 0 Å². The summed E-state index contributed by atoms with van der Waals surface area (Å²) in [6, 6.07) is 7.82. The van der Waals surface area contributed by atoms with Gasteiger partial charge in [-0.3, -0.25) is 9.69 Å². The molecule has 1 fully saturated rings. The van der Waals surface area contributed by atoms with Gasteiger partial charge < -0.3 is 9.80 Å². The Kier molecular flexibility index (Phi) is 5.80. The normalized spacial score (nSPS) is 16.7. The number of carbonyl (C=O) groups is 1. The number of likely N-dealkylation sites (N-methyl/N-ethyl adjacent to an activating group) is 1. The minimum atomic E-state index is 0.163. The highest BCUT2D eigenvalue weighted by molar-refractivity contribution is 14.1. The Bertz CT molecular complexity index is 456. The molecule has 0 bridgehead atoms. The van der Waals surface area contributed by atoms with Gasteiger partial charge in [-0.05, 0) is 54.9 Å². The van der Waals surface area contributed by atoms with Crippen LogP contribution in [0.2, 0.25) is 0 Å². The van der Waals surface area contributed by atoms with Crippen molar-refractivity contribution >= 4 is 28.5 Å². The lowest BCUT2D eigenvalue weighted by molar-refractivity contribution is 0.0629. The van der Waals surface area contributed by atoms with Crippen molar-refractivity contribution in [2.75, 3.05) is 53.4 Å². The van der Waals surface area contributed by atoms with E-state index >= 15 is 0 Å². The van der Waals surface area contributed by atoms with E-state index < -0.39 is 0 Å². The van der Waals surface area contributed by atoms with Crippen molar-refractivity contribution in [2.24, 2.45) is 0 Å². The summed E-state index contributed by atoms with van der Waals surface area (Å²) < 4.78 is 1.11. The van der Waals surface area contributed by atoms with Gasteiger partial charge in [0, 0.05) is 48.4 Å². The van der Waals surface area contributed by atoms with Gasteiger partial charge >= 0.3 is 0 Å². The molecule has 0 N–H and O–H groups in total. The molecule has 0 saturated carbocycles. The Balaban J connectivity index is 1.86. The summed E-state index contributed by atoms with van der Waals surface area (Å²) in [5.74, 6) is 0.163. The highest BCUT2D eigenvalue weighted by Crippen LogP contribution is 2.12. The van der Waals surface area contributed by atoms with Crippen LogP contribution in [0.1, 0.15) is 10.4 Å². The third-order valence-corrected chi connectivity index (χ3v) is 4.27. The zero-order chi connectivity index (χ0) is 14.5. The van der Waals surface area contributed by atoms with E-state index in [9.17, 15) is 4.79 Å². The molecule has 1 aliphatic heterocycles. The molecule has 1 heterocycles. The molecule has 1 aromatic carbocycles. The topological polar surface area (TPSA) is 26.8 Å². The monoisotopic (exact) mass is 387 g/mol. The first kappa shape index (κ1) is 15.7.